The van der Waals surface area contributed by atoms with Gasteiger partial charge in [-0.2, -0.15) is 0 Å². The number of benzene rings is 1. The lowest BCUT2D eigenvalue weighted by atomic mass is 10.1. The summed E-state index contributed by atoms with van der Waals surface area (Å²) in [5.74, 6) is -3.00. The van der Waals surface area contributed by atoms with Crippen LogP contribution in [0.3, 0.4) is 0 Å². The van der Waals surface area contributed by atoms with E-state index in [9.17, 15) is 13.6 Å². The second kappa shape index (κ2) is 4.55. The maximum absolute atomic E-state index is 13.1. The van der Waals surface area contributed by atoms with Gasteiger partial charge in [0.1, 0.15) is 17.7 Å². The zero-order valence-corrected chi connectivity index (χ0v) is 8.26. The Balaban J connectivity index is 2.95. The van der Waals surface area contributed by atoms with Crippen molar-refractivity contribution in [3.8, 4) is 0 Å². The molecule has 0 bridgehead atoms. The van der Waals surface area contributed by atoms with E-state index in [1.165, 1.54) is 0 Å². The van der Waals surface area contributed by atoms with Crippen molar-refractivity contribution >= 4 is 17.6 Å². The van der Waals surface area contributed by atoms with Crippen LogP contribution in [0.5, 0.6) is 0 Å². The number of hydrogen-bond donors (Lipinski definition) is 2. The largest absolute Gasteiger partial charge is 0.480 e. The van der Waals surface area contributed by atoms with Gasteiger partial charge in [-0.15, -0.1) is 0 Å². The van der Waals surface area contributed by atoms with Gasteiger partial charge in [0, 0.05) is 12.5 Å². The molecule has 0 aliphatic rings. The van der Waals surface area contributed by atoms with Crippen molar-refractivity contribution in [3.05, 3.63) is 34.4 Å². The second-order valence-electron chi connectivity index (χ2n) is 3.01. The van der Waals surface area contributed by atoms with Crippen LogP contribution in [0.4, 0.5) is 8.78 Å². The van der Waals surface area contributed by atoms with Gasteiger partial charge in [-0.1, -0.05) is 11.6 Å². The highest BCUT2D eigenvalue weighted by Crippen LogP contribution is 2.20. The van der Waals surface area contributed by atoms with Gasteiger partial charge in [0.2, 0.25) is 0 Å². The van der Waals surface area contributed by atoms with E-state index in [0.29, 0.717) is 6.07 Å². The monoisotopic (exact) mass is 235 g/mol. The molecule has 0 aliphatic heterocycles. The molecule has 3 N–H and O–H groups in total. The van der Waals surface area contributed by atoms with Crippen molar-refractivity contribution in [2.45, 2.75) is 12.5 Å². The molecule has 0 aromatic heterocycles. The standard InChI is InChI=1S/C9H8ClF2NO2/c10-5-1-4(2-8(13)9(14)15)6(11)3-7(5)12/h1,3,8H,2,13H2,(H,14,15). The Morgan fingerprint density at radius 3 is 2.60 bits per heavy atom. The lowest BCUT2D eigenvalue weighted by Crippen LogP contribution is -2.32. The van der Waals surface area contributed by atoms with Gasteiger partial charge in [-0.25, -0.2) is 8.78 Å². The zero-order chi connectivity index (χ0) is 11.6. The average molecular weight is 236 g/mol. The molecule has 1 aromatic carbocycles. The average Bonchev–Trinajstić information content (AvgIpc) is 2.13. The lowest BCUT2D eigenvalue weighted by molar-refractivity contribution is -0.138. The van der Waals surface area contributed by atoms with E-state index >= 15 is 0 Å². The Labute approximate surface area is 89.5 Å². The summed E-state index contributed by atoms with van der Waals surface area (Å²) in [6.07, 6.45) is -0.235. The van der Waals surface area contributed by atoms with Crippen molar-refractivity contribution in [3.63, 3.8) is 0 Å². The van der Waals surface area contributed by atoms with Crippen LogP contribution in [0.2, 0.25) is 5.02 Å². The molecule has 0 saturated heterocycles. The quantitative estimate of drug-likeness (QED) is 0.782. The predicted molar refractivity (Wildman–Crippen MR) is 50.7 cm³/mol. The summed E-state index contributed by atoms with van der Waals surface area (Å²) in [6, 6.07) is 0.405. The molecule has 15 heavy (non-hydrogen) atoms. The molecule has 0 amide bonds. The molecular weight excluding hydrogens is 228 g/mol. The summed E-state index contributed by atoms with van der Waals surface area (Å²) in [4.78, 5) is 10.4. The molecule has 0 aliphatic carbocycles. The number of rotatable bonds is 3. The number of carboxylic acid groups (broad SMARTS) is 1. The minimum Gasteiger partial charge on any atom is -0.480 e. The van der Waals surface area contributed by atoms with E-state index in [4.69, 9.17) is 22.4 Å². The van der Waals surface area contributed by atoms with Crippen LogP contribution in [0.25, 0.3) is 0 Å². The lowest BCUT2D eigenvalue weighted by Gasteiger charge is -2.08. The Morgan fingerprint density at radius 1 is 1.47 bits per heavy atom. The van der Waals surface area contributed by atoms with Gasteiger partial charge in [0.15, 0.2) is 0 Å². The number of nitrogens with two attached hydrogens (primary N) is 1. The molecule has 3 nitrogen and oxygen atoms in total. The normalized spacial score (nSPS) is 12.5. The molecule has 0 heterocycles. The molecule has 0 fully saturated rings. The number of carboxylic acids is 1. The van der Waals surface area contributed by atoms with Gasteiger partial charge in [-0.05, 0) is 11.6 Å². The number of halogens is 3. The second-order valence-corrected chi connectivity index (χ2v) is 3.41. The maximum Gasteiger partial charge on any atom is 0.320 e. The summed E-state index contributed by atoms with van der Waals surface area (Å²) in [6.45, 7) is 0. The van der Waals surface area contributed by atoms with Crippen LogP contribution in [0.1, 0.15) is 5.56 Å². The molecular formula is C9H8ClF2NO2. The van der Waals surface area contributed by atoms with Crippen LogP contribution in [0, 0.1) is 11.6 Å². The van der Waals surface area contributed by atoms with Gasteiger partial charge in [0.25, 0.3) is 0 Å². The first-order valence-electron chi connectivity index (χ1n) is 4.03. The van der Waals surface area contributed by atoms with Crippen LogP contribution < -0.4 is 5.73 Å². The fourth-order valence-electron chi connectivity index (χ4n) is 1.04. The summed E-state index contributed by atoms with van der Waals surface area (Å²) in [5, 5.41) is 8.24. The van der Waals surface area contributed by atoms with Gasteiger partial charge >= 0.3 is 5.97 Å². The van der Waals surface area contributed by atoms with E-state index in [0.717, 1.165) is 6.07 Å². The van der Waals surface area contributed by atoms with Crippen LogP contribution in [-0.2, 0) is 11.2 Å². The van der Waals surface area contributed by atoms with Crippen molar-refractivity contribution in [2.24, 2.45) is 5.73 Å². The van der Waals surface area contributed by atoms with Crippen molar-refractivity contribution < 1.29 is 18.7 Å². The Bertz CT molecular complexity index is 398. The van der Waals surface area contributed by atoms with Gasteiger partial charge < -0.3 is 10.8 Å². The molecule has 0 spiro atoms. The molecule has 1 rings (SSSR count). The van der Waals surface area contributed by atoms with Crippen LogP contribution >= 0.6 is 11.6 Å². The maximum atomic E-state index is 13.1. The SMILES string of the molecule is NC(Cc1cc(Cl)c(F)cc1F)C(=O)O. The molecule has 0 radical (unpaired) electrons. The third kappa shape index (κ3) is 2.87. The minimum absolute atomic E-state index is 0.0173. The molecule has 1 unspecified atom stereocenters. The summed E-state index contributed by atoms with van der Waals surface area (Å²) < 4.78 is 25.8. The fourth-order valence-corrected chi connectivity index (χ4v) is 1.23. The zero-order valence-electron chi connectivity index (χ0n) is 7.51. The first kappa shape index (κ1) is 11.9. The third-order valence-corrected chi connectivity index (χ3v) is 2.14. The molecule has 0 saturated carbocycles. The van der Waals surface area contributed by atoms with Crippen molar-refractivity contribution in [1.29, 1.82) is 0 Å². The van der Waals surface area contributed by atoms with Gasteiger partial charge in [-0.3, -0.25) is 4.79 Å². The summed E-state index contributed by atoms with van der Waals surface area (Å²) in [5.41, 5.74) is 5.19. The predicted octanol–water partition coefficient (Wildman–Crippen LogP) is 1.57. The van der Waals surface area contributed by atoms with E-state index < -0.39 is 23.6 Å². The van der Waals surface area contributed by atoms with Crippen molar-refractivity contribution in [1.82, 2.24) is 0 Å². The minimum atomic E-state index is -1.25. The molecule has 82 valence electrons. The van der Waals surface area contributed by atoms with Crippen LogP contribution in [0.15, 0.2) is 12.1 Å². The number of hydrogen-bond acceptors (Lipinski definition) is 2. The topological polar surface area (TPSA) is 63.3 Å². The highest BCUT2D eigenvalue weighted by Gasteiger charge is 2.16. The van der Waals surface area contributed by atoms with E-state index in [-0.39, 0.29) is 17.0 Å². The molecule has 1 atom stereocenters. The van der Waals surface area contributed by atoms with Gasteiger partial charge in [0.05, 0.1) is 5.02 Å². The van der Waals surface area contributed by atoms with E-state index in [2.05, 4.69) is 0 Å². The van der Waals surface area contributed by atoms with Crippen LogP contribution in [-0.4, -0.2) is 17.1 Å². The molecule has 1 aromatic rings. The Kier molecular flexibility index (Phi) is 3.60. The fraction of sp³-hybridized carbons (Fsp3) is 0.222. The number of carbonyl (C=O) groups is 1. The third-order valence-electron chi connectivity index (χ3n) is 1.85. The Hall–Kier alpha value is -1.20. The summed E-state index contributed by atoms with van der Waals surface area (Å²) >= 11 is 5.42. The Morgan fingerprint density at radius 2 is 2.07 bits per heavy atom. The van der Waals surface area contributed by atoms with E-state index in [1.807, 2.05) is 0 Å². The first-order chi connectivity index (χ1) is 6.91. The van der Waals surface area contributed by atoms with E-state index in [1.54, 1.807) is 0 Å². The highest BCUT2D eigenvalue weighted by atomic mass is 35.5. The summed E-state index contributed by atoms with van der Waals surface area (Å²) in [7, 11) is 0. The first-order valence-corrected chi connectivity index (χ1v) is 4.41. The van der Waals surface area contributed by atoms with Crippen molar-refractivity contribution in [2.75, 3.05) is 0 Å². The number of aliphatic carboxylic acids is 1. The smallest absolute Gasteiger partial charge is 0.320 e. The highest BCUT2D eigenvalue weighted by molar-refractivity contribution is 6.30. The molecule has 6 heteroatoms.